The van der Waals surface area contributed by atoms with E-state index in [4.69, 9.17) is 9.47 Å². The molecule has 178 valence electrons. The van der Waals surface area contributed by atoms with Gasteiger partial charge in [0, 0.05) is 36.0 Å². The first-order chi connectivity index (χ1) is 14.7. The number of sulfonamides is 1. The van der Waals surface area contributed by atoms with Crippen LogP contribution in [-0.2, 0) is 26.5 Å². The van der Waals surface area contributed by atoms with Crippen LogP contribution in [0.4, 0.5) is 10.1 Å². The molecule has 0 unspecified atom stereocenters. The molecule has 0 aliphatic carbocycles. The van der Waals surface area contributed by atoms with Crippen LogP contribution in [0.2, 0.25) is 0 Å². The molecule has 0 spiro atoms. The van der Waals surface area contributed by atoms with Gasteiger partial charge in [-0.25, -0.2) is 12.8 Å². The summed E-state index contributed by atoms with van der Waals surface area (Å²) < 4.78 is 56.8. The second-order valence-electron chi connectivity index (χ2n) is 9.22. The summed E-state index contributed by atoms with van der Waals surface area (Å²) in [5.41, 5.74) is 1.55. The number of nitrogens with zero attached hydrogens (tertiary/aromatic N) is 3. The Labute approximate surface area is 190 Å². The van der Waals surface area contributed by atoms with E-state index in [1.165, 1.54) is 10.4 Å². The molecule has 0 bridgehead atoms. The zero-order valence-electron chi connectivity index (χ0n) is 20.4. The van der Waals surface area contributed by atoms with Gasteiger partial charge >= 0.3 is 0 Å². The molecule has 3 rings (SSSR count). The minimum Gasteiger partial charge on any atom is -0.339 e. The number of anilines is 1. The standard InChI is InChI=1S/C23H34FN3O4S/c1-10-27(32(28,29)11-2)16-12-17(19-14(3)25-26(9)15(19)4)20(24)18(13-16)21-30-22(5,6)23(7,8)31-21/h12-13,21H,10-11H2,1-9H3. The van der Waals surface area contributed by atoms with Gasteiger partial charge in [-0.1, -0.05) is 0 Å². The van der Waals surface area contributed by atoms with E-state index in [1.807, 2.05) is 41.5 Å². The fourth-order valence-electron chi connectivity index (χ4n) is 3.96. The summed E-state index contributed by atoms with van der Waals surface area (Å²) in [6, 6.07) is 3.11. The Hall–Kier alpha value is -1.97. The van der Waals surface area contributed by atoms with Crippen molar-refractivity contribution < 1.29 is 22.3 Å². The molecule has 1 fully saturated rings. The van der Waals surface area contributed by atoms with Gasteiger partial charge in [-0.15, -0.1) is 0 Å². The van der Waals surface area contributed by atoms with Gasteiger partial charge in [0.2, 0.25) is 10.0 Å². The van der Waals surface area contributed by atoms with Gasteiger partial charge in [-0.05, 0) is 67.5 Å². The van der Waals surface area contributed by atoms with E-state index < -0.39 is 33.3 Å². The SMILES string of the molecule is CCN(c1cc(-c2c(C)nn(C)c2C)c(F)c(C2OC(C)(C)C(C)(C)O2)c1)S(=O)(=O)CC. The molecular formula is C23H34FN3O4S. The molecule has 7 nitrogen and oxygen atoms in total. The van der Waals surface area contributed by atoms with Crippen molar-refractivity contribution in [3.8, 4) is 11.1 Å². The first-order valence-electron chi connectivity index (χ1n) is 10.9. The molecule has 1 aromatic heterocycles. The van der Waals surface area contributed by atoms with Crippen molar-refractivity contribution in [1.29, 1.82) is 0 Å². The van der Waals surface area contributed by atoms with E-state index in [0.717, 1.165) is 5.69 Å². The van der Waals surface area contributed by atoms with E-state index in [9.17, 15) is 8.42 Å². The summed E-state index contributed by atoms with van der Waals surface area (Å²) in [6.07, 6.45) is -0.973. The molecular weight excluding hydrogens is 433 g/mol. The van der Waals surface area contributed by atoms with Gasteiger partial charge < -0.3 is 9.47 Å². The number of ether oxygens (including phenoxy) is 2. The molecule has 2 heterocycles. The molecule has 1 aromatic carbocycles. The third-order valence-corrected chi connectivity index (χ3v) is 8.52. The molecule has 1 aliphatic heterocycles. The van der Waals surface area contributed by atoms with Gasteiger partial charge in [-0.2, -0.15) is 5.10 Å². The number of hydrogen-bond donors (Lipinski definition) is 0. The van der Waals surface area contributed by atoms with E-state index in [1.54, 1.807) is 31.6 Å². The Balaban J connectivity index is 2.30. The van der Waals surface area contributed by atoms with Gasteiger partial charge in [0.25, 0.3) is 0 Å². The lowest BCUT2D eigenvalue weighted by Crippen LogP contribution is -2.41. The smallest absolute Gasteiger partial charge is 0.234 e. The van der Waals surface area contributed by atoms with Crippen molar-refractivity contribution in [3.05, 3.63) is 34.9 Å². The van der Waals surface area contributed by atoms with E-state index in [2.05, 4.69) is 5.10 Å². The van der Waals surface area contributed by atoms with Crippen LogP contribution >= 0.6 is 0 Å². The van der Waals surface area contributed by atoms with Gasteiger partial charge in [0.1, 0.15) is 5.82 Å². The molecule has 0 atom stereocenters. The van der Waals surface area contributed by atoms with Gasteiger partial charge in [0.15, 0.2) is 6.29 Å². The van der Waals surface area contributed by atoms with E-state index in [0.29, 0.717) is 16.9 Å². The topological polar surface area (TPSA) is 73.7 Å². The minimum absolute atomic E-state index is 0.0652. The third kappa shape index (κ3) is 3.95. The maximum absolute atomic E-state index is 16.0. The number of hydrogen-bond acceptors (Lipinski definition) is 5. The van der Waals surface area contributed by atoms with Crippen LogP contribution in [0, 0.1) is 19.7 Å². The fourth-order valence-corrected chi connectivity index (χ4v) is 5.09. The number of aryl methyl sites for hydroxylation is 2. The van der Waals surface area contributed by atoms with Crippen molar-refractivity contribution in [2.75, 3.05) is 16.6 Å². The van der Waals surface area contributed by atoms with Crippen LogP contribution in [-0.4, -0.2) is 41.7 Å². The van der Waals surface area contributed by atoms with Crippen LogP contribution in [0.5, 0.6) is 0 Å². The Morgan fingerprint density at radius 2 is 1.69 bits per heavy atom. The lowest BCUT2D eigenvalue weighted by molar-refractivity contribution is -0.0914. The highest BCUT2D eigenvalue weighted by atomic mass is 32.2. The van der Waals surface area contributed by atoms with Crippen LogP contribution in [0.1, 0.15) is 64.8 Å². The van der Waals surface area contributed by atoms with Crippen LogP contribution in [0.3, 0.4) is 0 Å². The number of aromatic nitrogens is 2. The Morgan fingerprint density at radius 1 is 1.12 bits per heavy atom. The van der Waals surface area contributed by atoms with Crippen molar-refractivity contribution in [3.63, 3.8) is 0 Å². The first-order valence-corrected chi connectivity index (χ1v) is 12.5. The van der Waals surface area contributed by atoms with Crippen LogP contribution in [0.15, 0.2) is 12.1 Å². The van der Waals surface area contributed by atoms with Crippen molar-refractivity contribution >= 4 is 15.7 Å². The van der Waals surface area contributed by atoms with Crippen molar-refractivity contribution in [2.24, 2.45) is 7.05 Å². The average molecular weight is 468 g/mol. The molecule has 32 heavy (non-hydrogen) atoms. The monoisotopic (exact) mass is 467 g/mol. The normalized spacial score (nSPS) is 18.3. The predicted molar refractivity (Wildman–Crippen MR) is 124 cm³/mol. The summed E-state index contributed by atoms with van der Waals surface area (Å²) >= 11 is 0. The summed E-state index contributed by atoms with van der Waals surface area (Å²) in [4.78, 5) is 0. The Morgan fingerprint density at radius 3 is 2.12 bits per heavy atom. The highest BCUT2D eigenvalue weighted by Crippen LogP contribution is 2.47. The zero-order valence-corrected chi connectivity index (χ0v) is 21.2. The zero-order chi connectivity index (χ0) is 24.2. The summed E-state index contributed by atoms with van der Waals surface area (Å²) in [6.45, 7) is 14.8. The van der Waals surface area contributed by atoms with Crippen LogP contribution < -0.4 is 4.31 Å². The summed E-state index contributed by atoms with van der Waals surface area (Å²) in [5.74, 6) is -0.568. The number of rotatable bonds is 6. The molecule has 0 radical (unpaired) electrons. The fraction of sp³-hybridized carbons (Fsp3) is 0.609. The maximum atomic E-state index is 16.0. The number of benzene rings is 1. The second kappa shape index (κ2) is 8.11. The third-order valence-electron chi connectivity index (χ3n) is 6.65. The quantitative estimate of drug-likeness (QED) is 0.620. The Bertz CT molecular complexity index is 1120. The van der Waals surface area contributed by atoms with Crippen molar-refractivity contribution in [1.82, 2.24) is 9.78 Å². The average Bonchev–Trinajstić information content (AvgIpc) is 3.06. The molecule has 1 aliphatic rings. The predicted octanol–water partition coefficient (Wildman–Crippen LogP) is 4.62. The van der Waals surface area contributed by atoms with Gasteiger partial charge in [0.05, 0.1) is 28.3 Å². The molecule has 0 N–H and O–H groups in total. The molecule has 9 heteroatoms. The second-order valence-corrected chi connectivity index (χ2v) is 11.4. The molecule has 2 aromatic rings. The van der Waals surface area contributed by atoms with Gasteiger partial charge in [-0.3, -0.25) is 8.99 Å². The Kier molecular flexibility index (Phi) is 6.25. The largest absolute Gasteiger partial charge is 0.339 e. The molecule has 1 saturated heterocycles. The van der Waals surface area contributed by atoms with Crippen LogP contribution in [0.25, 0.3) is 11.1 Å². The summed E-state index contributed by atoms with van der Waals surface area (Å²) in [5, 5.41) is 4.42. The lowest BCUT2D eigenvalue weighted by atomic mass is 9.90. The summed E-state index contributed by atoms with van der Waals surface area (Å²) in [7, 11) is -1.77. The highest BCUT2D eigenvalue weighted by Gasteiger charge is 2.50. The highest BCUT2D eigenvalue weighted by molar-refractivity contribution is 7.92. The lowest BCUT2D eigenvalue weighted by Gasteiger charge is -2.30. The molecule has 0 saturated carbocycles. The van der Waals surface area contributed by atoms with Crippen molar-refractivity contribution in [2.45, 2.75) is 72.9 Å². The first kappa shape index (κ1) is 24.7. The maximum Gasteiger partial charge on any atom is 0.234 e. The number of halogens is 1. The van der Waals surface area contributed by atoms with E-state index >= 15 is 4.39 Å². The van der Waals surface area contributed by atoms with E-state index in [-0.39, 0.29) is 23.4 Å². The minimum atomic E-state index is -3.57. The molecule has 0 amide bonds.